The maximum atomic E-state index is 10.6. The zero-order valence-electron chi connectivity index (χ0n) is 10.4. The molecule has 3 nitrogen and oxygen atoms in total. The lowest BCUT2D eigenvalue weighted by Crippen LogP contribution is -2.34. The Hall–Kier alpha value is -1.82. The van der Waals surface area contributed by atoms with Gasteiger partial charge < -0.3 is 5.11 Å². The van der Waals surface area contributed by atoms with Gasteiger partial charge in [0.25, 0.3) is 0 Å². The number of hydrogen-bond acceptors (Lipinski definition) is 2. The van der Waals surface area contributed by atoms with E-state index in [4.69, 9.17) is 10.4 Å². The van der Waals surface area contributed by atoms with Crippen molar-refractivity contribution in [3.05, 3.63) is 35.4 Å². The number of aliphatic carboxylic acids is 1. The minimum absolute atomic E-state index is 0.170. The van der Waals surface area contributed by atoms with Crippen molar-refractivity contribution in [2.24, 2.45) is 0 Å². The Morgan fingerprint density at radius 2 is 2.00 bits per heavy atom. The van der Waals surface area contributed by atoms with E-state index in [1.807, 2.05) is 24.3 Å². The Morgan fingerprint density at radius 3 is 2.44 bits per heavy atom. The normalized spacial score (nSPS) is 16.6. The molecule has 1 N–H and O–H groups in total. The minimum atomic E-state index is -0.718. The van der Waals surface area contributed by atoms with E-state index in [1.165, 1.54) is 12.0 Å². The molecular weight excluding hydrogens is 226 g/mol. The minimum Gasteiger partial charge on any atom is -0.481 e. The van der Waals surface area contributed by atoms with E-state index in [9.17, 15) is 4.79 Å². The summed E-state index contributed by atoms with van der Waals surface area (Å²) in [5.74, 6) is -0.718. The summed E-state index contributed by atoms with van der Waals surface area (Å²) in [6, 6.07) is 9.88. The standard InChI is InChI=1S/C15H17NO2/c16-11-12-4-6-13(7-5-12)15(9-2-10-15)8-1-3-14(17)18/h4-7H,1-3,8-10H2,(H,17,18). The van der Waals surface area contributed by atoms with Crippen molar-refractivity contribution < 1.29 is 9.90 Å². The molecule has 18 heavy (non-hydrogen) atoms. The van der Waals surface area contributed by atoms with Gasteiger partial charge in [-0.15, -0.1) is 0 Å². The van der Waals surface area contributed by atoms with Crippen molar-refractivity contribution >= 4 is 5.97 Å². The molecule has 0 aliphatic heterocycles. The molecule has 3 heteroatoms. The van der Waals surface area contributed by atoms with Crippen LogP contribution in [0.5, 0.6) is 0 Å². The Kier molecular flexibility index (Phi) is 3.66. The van der Waals surface area contributed by atoms with Crippen LogP contribution in [-0.2, 0) is 10.2 Å². The van der Waals surface area contributed by atoms with Crippen molar-refractivity contribution in [3.8, 4) is 6.07 Å². The molecule has 0 heterocycles. The molecule has 1 saturated carbocycles. The third-order valence-corrected chi connectivity index (χ3v) is 3.98. The van der Waals surface area contributed by atoms with Gasteiger partial charge in [-0.2, -0.15) is 5.26 Å². The third-order valence-electron chi connectivity index (χ3n) is 3.98. The van der Waals surface area contributed by atoms with Gasteiger partial charge in [-0.25, -0.2) is 0 Å². The number of benzene rings is 1. The molecule has 0 bridgehead atoms. The third kappa shape index (κ3) is 2.53. The summed E-state index contributed by atoms with van der Waals surface area (Å²) >= 11 is 0. The average Bonchev–Trinajstić information content (AvgIpc) is 2.32. The predicted octanol–water partition coefficient (Wildman–Crippen LogP) is 3.23. The first-order valence-corrected chi connectivity index (χ1v) is 6.39. The number of hydrogen-bond donors (Lipinski definition) is 1. The molecule has 1 aliphatic rings. The lowest BCUT2D eigenvalue weighted by Gasteiger charge is -2.43. The first-order chi connectivity index (χ1) is 8.66. The molecule has 0 atom stereocenters. The number of rotatable bonds is 5. The zero-order chi connectivity index (χ0) is 13.0. The van der Waals surface area contributed by atoms with E-state index < -0.39 is 5.97 Å². The number of nitrogens with zero attached hydrogens (tertiary/aromatic N) is 1. The lowest BCUT2D eigenvalue weighted by molar-refractivity contribution is -0.137. The summed E-state index contributed by atoms with van der Waals surface area (Å²) in [7, 11) is 0. The first-order valence-electron chi connectivity index (χ1n) is 6.39. The van der Waals surface area contributed by atoms with Crippen LogP contribution in [0.15, 0.2) is 24.3 Å². The van der Waals surface area contributed by atoms with E-state index in [0.717, 1.165) is 25.7 Å². The summed E-state index contributed by atoms with van der Waals surface area (Å²) in [5, 5.41) is 17.5. The van der Waals surface area contributed by atoms with E-state index in [2.05, 4.69) is 6.07 Å². The molecule has 94 valence electrons. The van der Waals surface area contributed by atoms with Gasteiger partial charge in [0.2, 0.25) is 0 Å². The lowest BCUT2D eigenvalue weighted by atomic mass is 9.62. The molecule has 2 rings (SSSR count). The predicted molar refractivity (Wildman–Crippen MR) is 68.2 cm³/mol. The quantitative estimate of drug-likeness (QED) is 0.863. The highest BCUT2D eigenvalue weighted by Crippen LogP contribution is 2.47. The van der Waals surface area contributed by atoms with Gasteiger partial charge in [-0.3, -0.25) is 4.79 Å². The highest BCUT2D eigenvalue weighted by atomic mass is 16.4. The molecule has 1 aromatic carbocycles. The maximum absolute atomic E-state index is 10.6. The van der Waals surface area contributed by atoms with Crippen molar-refractivity contribution in [2.75, 3.05) is 0 Å². The summed E-state index contributed by atoms with van der Waals surface area (Å²) < 4.78 is 0. The largest absolute Gasteiger partial charge is 0.481 e. The van der Waals surface area contributed by atoms with Crippen LogP contribution in [-0.4, -0.2) is 11.1 Å². The van der Waals surface area contributed by atoms with Crippen LogP contribution in [0, 0.1) is 11.3 Å². The fourth-order valence-electron chi connectivity index (χ4n) is 2.76. The fourth-order valence-corrected chi connectivity index (χ4v) is 2.76. The fraction of sp³-hybridized carbons (Fsp3) is 0.467. The molecule has 0 radical (unpaired) electrons. The van der Waals surface area contributed by atoms with E-state index in [0.29, 0.717) is 5.56 Å². The van der Waals surface area contributed by atoms with Crippen LogP contribution < -0.4 is 0 Å². The van der Waals surface area contributed by atoms with Crippen molar-refractivity contribution in [2.45, 2.75) is 43.9 Å². The number of carbonyl (C=O) groups is 1. The van der Waals surface area contributed by atoms with E-state index in [1.54, 1.807) is 0 Å². The van der Waals surface area contributed by atoms with E-state index in [-0.39, 0.29) is 11.8 Å². The summed E-state index contributed by atoms with van der Waals surface area (Å²) in [6.45, 7) is 0. The first kappa shape index (κ1) is 12.6. The zero-order valence-corrected chi connectivity index (χ0v) is 10.4. The second kappa shape index (κ2) is 5.22. The van der Waals surface area contributed by atoms with Gasteiger partial charge in [0, 0.05) is 6.42 Å². The van der Waals surface area contributed by atoms with Crippen LogP contribution in [0.4, 0.5) is 0 Å². The summed E-state index contributed by atoms with van der Waals surface area (Å²) in [5.41, 5.74) is 2.11. The summed E-state index contributed by atoms with van der Waals surface area (Å²) in [4.78, 5) is 10.6. The molecule has 1 aliphatic carbocycles. The molecule has 1 aromatic rings. The second-order valence-corrected chi connectivity index (χ2v) is 5.07. The maximum Gasteiger partial charge on any atom is 0.303 e. The highest BCUT2D eigenvalue weighted by molar-refractivity contribution is 5.66. The molecule has 0 spiro atoms. The van der Waals surface area contributed by atoms with Gasteiger partial charge in [0.05, 0.1) is 11.6 Å². The van der Waals surface area contributed by atoms with Crippen LogP contribution in [0.3, 0.4) is 0 Å². The SMILES string of the molecule is N#Cc1ccc(C2(CCCC(=O)O)CCC2)cc1. The van der Waals surface area contributed by atoms with Crippen molar-refractivity contribution in [1.29, 1.82) is 5.26 Å². The highest BCUT2D eigenvalue weighted by Gasteiger charge is 2.37. The van der Waals surface area contributed by atoms with Crippen molar-refractivity contribution in [3.63, 3.8) is 0 Å². The number of nitriles is 1. The van der Waals surface area contributed by atoms with Crippen LogP contribution in [0.2, 0.25) is 0 Å². The Morgan fingerprint density at radius 1 is 1.33 bits per heavy atom. The second-order valence-electron chi connectivity index (χ2n) is 5.07. The van der Waals surface area contributed by atoms with Gasteiger partial charge in [0.1, 0.15) is 0 Å². The average molecular weight is 243 g/mol. The van der Waals surface area contributed by atoms with Crippen LogP contribution >= 0.6 is 0 Å². The van der Waals surface area contributed by atoms with Gasteiger partial charge in [0.15, 0.2) is 0 Å². The topological polar surface area (TPSA) is 61.1 Å². The summed E-state index contributed by atoms with van der Waals surface area (Å²) in [6.07, 6.45) is 5.41. The van der Waals surface area contributed by atoms with Crippen LogP contribution in [0.1, 0.15) is 49.7 Å². The number of carboxylic acids is 1. The Bertz CT molecular complexity index is 466. The van der Waals surface area contributed by atoms with Crippen molar-refractivity contribution in [1.82, 2.24) is 0 Å². The molecule has 0 amide bonds. The van der Waals surface area contributed by atoms with Gasteiger partial charge >= 0.3 is 5.97 Å². The van der Waals surface area contributed by atoms with Crippen LogP contribution in [0.25, 0.3) is 0 Å². The van der Waals surface area contributed by atoms with Gasteiger partial charge in [-0.1, -0.05) is 18.6 Å². The molecular formula is C15H17NO2. The molecule has 1 fully saturated rings. The Labute approximate surface area is 107 Å². The molecule has 0 saturated heterocycles. The van der Waals surface area contributed by atoms with Gasteiger partial charge in [-0.05, 0) is 48.8 Å². The smallest absolute Gasteiger partial charge is 0.303 e. The number of carboxylic acid groups (broad SMARTS) is 1. The van der Waals surface area contributed by atoms with E-state index >= 15 is 0 Å². The monoisotopic (exact) mass is 243 g/mol. The molecule has 0 unspecified atom stereocenters. The Balaban J connectivity index is 2.06. The molecule has 0 aromatic heterocycles.